The average molecular weight is 307 g/mol. The summed E-state index contributed by atoms with van der Waals surface area (Å²) in [4.78, 5) is 0. The van der Waals surface area contributed by atoms with Crippen LogP contribution in [0.5, 0.6) is 0 Å². The fourth-order valence-electron chi connectivity index (χ4n) is 1.17. The second-order valence-corrected chi connectivity index (χ2v) is 6.20. The van der Waals surface area contributed by atoms with Gasteiger partial charge in [0, 0.05) is 11.0 Å². The quantitative estimate of drug-likeness (QED) is 0.871. The molecule has 0 saturated heterocycles. The Morgan fingerprint density at radius 3 is 2.69 bits per heavy atom. The van der Waals surface area contributed by atoms with Gasteiger partial charge in [-0.2, -0.15) is 0 Å². The molecule has 0 radical (unpaired) electrons. The van der Waals surface area contributed by atoms with E-state index in [1.54, 1.807) is 13.1 Å². The van der Waals surface area contributed by atoms with Gasteiger partial charge in [-0.1, -0.05) is 6.07 Å². The zero-order valence-electron chi connectivity index (χ0n) is 9.25. The molecule has 0 atom stereocenters. The number of rotatable bonds is 5. The number of sulfonamides is 1. The molecule has 0 saturated carbocycles. The molecule has 0 unspecified atom stereocenters. The molecule has 90 valence electrons. The molecule has 0 aromatic heterocycles. The first-order valence-electron chi connectivity index (χ1n) is 4.86. The lowest BCUT2D eigenvalue weighted by molar-refractivity contribution is 0.598. The number of hydrogen-bond donors (Lipinski definition) is 2. The predicted molar refractivity (Wildman–Crippen MR) is 70.2 cm³/mol. The SMILES string of the molecule is CNCCS(=O)(=O)Nc1cc(C)ccc1Br. The van der Waals surface area contributed by atoms with Crippen molar-refractivity contribution < 1.29 is 8.42 Å². The molecule has 0 aliphatic rings. The van der Waals surface area contributed by atoms with E-state index in [9.17, 15) is 8.42 Å². The van der Waals surface area contributed by atoms with Crippen LogP contribution < -0.4 is 10.0 Å². The molecule has 0 aliphatic heterocycles. The molecule has 0 fully saturated rings. The van der Waals surface area contributed by atoms with Crippen LogP contribution in [0, 0.1) is 6.92 Å². The average Bonchev–Trinajstić information content (AvgIpc) is 2.20. The summed E-state index contributed by atoms with van der Waals surface area (Å²) in [7, 11) is -1.56. The summed E-state index contributed by atoms with van der Waals surface area (Å²) >= 11 is 3.31. The van der Waals surface area contributed by atoms with Crippen molar-refractivity contribution in [3.63, 3.8) is 0 Å². The summed E-state index contributed by atoms with van der Waals surface area (Å²) < 4.78 is 26.6. The maximum absolute atomic E-state index is 11.7. The summed E-state index contributed by atoms with van der Waals surface area (Å²) in [6.45, 7) is 2.34. The van der Waals surface area contributed by atoms with E-state index in [4.69, 9.17) is 0 Å². The topological polar surface area (TPSA) is 58.2 Å². The van der Waals surface area contributed by atoms with Crippen LogP contribution in [-0.4, -0.2) is 27.8 Å². The Morgan fingerprint density at radius 2 is 2.06 bits per heavy atom. The number of nitrogens with one attached hydrogen (secondary N) is 2. The maximum atomic E-state index is 11.7. The van der Waals surface area contributed by atoms with E-state index >= 15 is 0 Å². The molecule has 0 amide bonds. The second-order valence-electron chi connectivity index (χ2n) is 3.51. The van der Waals surface area contributed by atoms with Crippen molar-refractivity contribution >= 4 is 31.6 Å². The molecule has 2 N–H and O–H groups in total. The van der Waals surface area contributed by atoms with Crippen molar-refractivity contribution in [3.8, 4) is 0 Å². The first-order chi connectivity index (χ1) is 7.44. The fourth-order valence-corrected chi connectivity index (χ4v) is 2.73. The van der Waals surface area contributed by atoms with Crippen molar-refractivity contribution in [3.05, 3.63) is 28.2 Å². The monoisotopic (exact) mass is 306 g/mol. The van der Waals surface area contributed by atoms with Crippen LogP contribution in [0.2, 0.25) is 0 Å². The van der Waals surface area contributed by atoms with E-state index in [0.717, 1.165) is 10.0 Å². The Hall–Kier alpha value is -0.590. The number of anilines is 1. The minimum Gasteiger partial charge on any atom is -0.319 e. The third kappa shape index (κ3) is 4.11. The van der Waals surface area contributed by atoms with Gasteiger partial charge in [-0.25, -0.2) is 8.42 Å². The van der Waals surface area contributed by atoms with Crippen LogP contribution in [0.3, 0.4) is 0 Å². The van der Waals surface area contributed by atoms with Crippen molar-refractivity contribution in [2.24, 2.45) is 0 Å². The van der Waals surface area contributed by atoms with Crippen molar-refractivity contribution in [2.75, 3.05) is 24.1 Å². The lowest BCUT2D eigenvalue weighted by Crippen LogP contribution is -2.24. The van der Waals surface area contributed by atoms with Crippen molar-refractivity contribution in [1.29, 1.82) is 0 Å². The van der Waals surface area contributed by atoms with Crippen LogP contribution >= 0.6 is 15.9 Å². The minimum atomic E-state index is -3.28. The third-order valence-corrected chi connectivity index (χ3v) is 3.97. The highest BCUT2D eigenvalue weighted by Gasteiger charge is 2.11. The van der Waals surface area contributed by atoms with Crippen LogP contribution in [0.15, 0.2) is 22.7 Å². The molecule has 4 nitrogen and oxygen atoms in total. The van der Waals surface area contributed by atoms with Gasteiger partial charge in [-0.05, 0) is 47.6 Å². The van der Waals surface area contributed by atoms with Gasteiger partial charge in [0.15, 0.2) is 0 Å². The molecule has 1 aromatic rings. The fraction of sp³-hybridized carbons (Fsp3) is 0.400. The zero-order valence-corrected chi connectivity index (χ0v) is 11.7. The Labute approximate surface area is 105 Å². The standard InChI is InChI=1S/C10H15BrN2O2S/c1-8-3-4-9(11)10(7-8)13-16(14,15)6-5-12-2/h3-4,7,12-13H,5-6H2,1-2H3. The number of benzene rings is 1. The molecule has 6 heteroatoms. The van der Waals surface area contributed by atoms with E-state index in [1.165, 1.54) is 0 Å². The highest BCUT2D eigenvalue weighted by molar-refractivity contribution is 9.10. The predicted octanol–water partition coefficient (Wildman–Crippen LogP) is 1.72. The van der Waals surface area contributed by atoms with Crippen LogP contribution in [0.4, 0.5) is 5.69 Å². The lowest BCUT2D eigenvalue weighted by atomic mass is 10.2. The highest BCUT2D eigenvalue weighted by Crippen LogP contribution is 2.24. The Morgan fingerprint density at radius 1 is 1.38 bits per heavy atom. The highest BCUT2D eigenvalue weighted by atomic mass is 79.9. The third-order valence-electron chi connectivity index (χ3n) is 2.01. The first-order valence-corrected chi connectivity index (χ1v) is 7.30. The van der Waals surface area contributed by atoms with Crippen LogP contribution in [-0.2, 0) is 10.0 Å². The van der Waals surface area contributed by atoms with Crippen molar-refractivity contribution in [2.45, 2.75) is 6.92 Å². The molecule has 16 heavy (non-hydrogen) atoms. The lowest BCUT2D eigenvalue weighted by Gasteiger charge is -2.10. The molecular formula is C10H15BrN2O2S. The zero-order chi connectivity index (χ0) is 12.2. The molecule has 1 aromatic carbocycles. The summed E-state index contributed by atoms with van der Waals surface area (Å²) in [6, 6.07) is 5.53. The summed E-state index contributed by atoms with van der Waals surface area (Å²) in [5, 5.41) is 2.80. The minimum absolute atomic E-state index is 0.0594. The second kappa shape index (κ2) is 5.65. The van der Waals surface area contributed by atoms with Gasteiger partial charge < -0.3 is 5.32 Å². The summed E-state index contributed by atoms with van der Waals surface area (Å²) in [5.74, 6) is 0.0594. The first kappa shape index (κ1) is 13.5. The molecule has 0 heterocycles. The van der Waals surface area contributed by atoms with E-state index in [2.05, 4.69) is 26.0 Å². The van der Waals surface area contributed by atoms with Gasteiger partial charge in [-0.15, -0.1) is 0 Å². The molecular weight excluding hydrogens is 292 g/mol. The largest absolute Gasteiger partial charge is 0.319 e. The van der Waals surface area contributed by atoms with E-state index < -0.39 is 10.0 Å². The Kier molecular flexibility index (Phi) is 4.76. The summed E-state index contributed by atoms with van der Waals surface area (Å²) in [6.07, 6.45) is 0. The van der Waals surface area contributed by atoms with Crippen LogP contribution in [0.25, 0.3) is 0 Å². The Bertz CT molecular complexity index is 460. The van der Waals surface area contributed by atoms with Gasteiger partial charge in [0.05, 0.1) is 11.4 Å². The van der Waals surface area contributed by atoms with E-state index in [1.807, 2.05) is 19.1 Å². The number of hydrogen-bond acceptors (Lipinski definition) is 3. The van der Waals surface area contributed by atoms with Crippen LogP contribution in [0.1, 0.15) is 5.56 Å². The summed E-state index contributed by atoms with van der Waals surface area (Å²) in [5.41, 5.74) is 1.59. The normalized spacial score (nSPS) is 11.4. The Balaban J connectivity index is 2.83. The van der Waals surface area contributed by atoms with E-state index in [-0.39, 0.29) is 5.75 Å². The van der Waals surface area contributed by atoms with Crippen molar-refractivity contribution in [1.82, 2.24) is 5.32 Å². The van der Waals surface area contributed by atoms with Gasteiger partial charge >= 0.3 is 0 Å². The van der Waals surface area contributed by atoms with Gasteiger partial charge in [0.1, 0.15) is 0 Å². The van der Waals surface area contributed by atoms with Gasteiger partial charge in [0.25, 0.3) is 0 Å². The molecule has 0 aliphatic carbocycles. The number of aryl methyl sites for hydroxylation is 1. The number of halogens is 1. The molecule has 0 bridgehead atoms. The van der Waals surface area contributed by atoms with Gasteiger partial charge in [-0.3, -0.25) is 4.72 Å². The smallest absolute Gasteiger partial charge is 0.234 e. The molecule has 1 rings (SSSR count). The maximum Gasteiger partial charge on any atom is 0.234 e. The van der Waals surface area contributed by atoms with E-state index in [0.29, 0.717) is 12.2 Å². The molecule has 0 spiro atoms. The van der Waals surface area contributed by atoms with Gasteiger partial charge in [0.2, 0.25) is 10.0 Å².